The van der Waals surface area contributed by atoms with Gasteiger partial charge < -0.3 is 5.11 Å². The molecule has 0 aliphatic carbocycles. The number of aromatic nitrogens is 3. The van der Waals surface area contributed by atoms with Crippen LogP contribution in [0.15, 0.2) is 176 Å². The molecule has 2 heterocycles. The van der Waals surface area contributed by atoms with Crippen molar-refractivity contribution >= 4 is 11.0 Å². The minimum absolute atomic E-state index is 0.0670. The van der Waals surface area contributed by atoms with Crippen molar-refractivity contribution < 1.29 is 5.11 Å². The molecule has 0 saturated heterocycles. The molecule has 0 unspecified atom stereocenters. The van der Waals surface area contributed by atoms with E-state index in [1.54, 1.807) is 0 Å². The quantitative estimate of drug-likeness (QED) is 0.175. The molecule has 0 atom stereocenters. The highest BCUT2D eigenvalue weighted by Gasteiger charge is 2.26. The van der Waals surface area contributed by atoms with Gasteiger partial charge in [0.2, 0.25) is 0 Å². The van der Waals surface area contributed by atoms with E-state index in [-0.39, 0.29) is 16.6 Å². The van der Waals surface area contributed by atoms with Crippen LogP contribution in [0.5, 0.6) is 5.75 Å². The van der Waals surface area contributed by atoms with Gasteiger partial charge in [-0.1, -0.05) is 157 Å². The van der Waals surface area contributed by atoms with Crippen LogP contribution in [0.3, 0.4) is 0 Å². The average molecular weight is 794 g/mol. The average Bonchev–Trinajstić information content (AvgIpc) is 3.66. The van der Waals surface area contributed by atoms with Crippen molar-refractivity contribution in [3.05, 3.63) is 193 Å². The van der Waals surface area contributed by atoms with E-state index >= 15 is 0 Å². The minimum atomic E-state index is -0.154. The molecule has 0 fully saturated rings. The summed E-state index contributed by atoms with van der Waals surface area (Å²) in [6.45, 7) is 15.4. The molecular weight excluding hydrogens is 743 g/mol. The number of aryl methyl sites for hydroxylation is 1. The molecule has 1 N–H and O–H groups in total. The third-order valence-corrected chi connectivity index (χ3v) is 11.8. The van der Waals surface area contributed by atoms with Crippen LogP contribution >= 0.6 is 0 Å². The molecular formula is C57H51N3O. The summed E-state index contributed by atoms with van der Waals surface area (Å²) in [4.78, 5) is 10.5. The monoisotopic (exact) mass is 793 g/mol. The second-order valence-electron chi connectivity index (χ2n) is 18.2. The Labute approximate surface area is 359 Å². The zero-order valence-electron chi connectivity index (χ0n) is 36.0. The summed E-state index contributed by atoms with van der Waals surface area (Å²) in [6, 6.07) is 60.1. The molecule has 9 rings (SSSR count). The zero-order chi connectivity index (χ0) is 42.5. The summed E-state index contributed by atoms with van der Waals surface area (Å²) in [6.07, 6.45) is 1.90. The SMILES string of the molecule is Cc1cc(C(C)(C)C)cc(-c2nc3c(-c4cc(-c5ccccc5)cc(-c5cc(-c6ccccc6)ccn5)c4)cccc3n2-c2ccc(C(C)(C)C)cc2-c2ccccc2)c1O. The number of pyridine rings is 1. The first kappa shape index (κ1) is 39.4. The lowest BCUT2D eigenvalue weighted by Crippen LogP contribution is -2.13. The van der Waals surface area contributed by atoms with E-state index in [0.29, 0.717) is 11.4 Å². The van der Waals surface area contributed by atoms with E-state index in [1.165, 1.54) is 5.56 Å². The Balaban J connectivity index is 1.35. The van der Waals surface area contributed by atoms with Crippen LogP contribution < -0.4 is 0 Å². The third kappa shape index (κ3) is 7.66. The van der Waals surface area contributed by atoms with Gasteiger partial charge in [-0.15, -0.1) is 0 Å². The molecule has 0 aliphatic rings. The fourth-order valence-electron chi connectivity index (χ4n) is 8.31. The number of benzene rings is 7. The van der Waals surface area contributed by atoms with Gasteiger partial charge in [-0.05, 0) is 122 Å². The molecule has 0 bridgehead atoms. The lowest BCUT2D eigenvalue weighted by Gasteiger charge is -2.24. The first-order chi connectivity index (χ1) is 29.3. The van der Waals surface area contributed by atoms with Crippen molar-refractivity contribution in [3.63, 3.8) is 0 Å². The maximum atomic E-state index is 12.0. The largest absolute Gasteiger partial charge is 0.507 e. The van der Waals surface area contributed by atoms with E-state index < -0.39 is 0 Å². The fraction of sp³-hybridized carbons (Fsp3) is 0.158. The normalized spacial score (nSPS) is 11.9. The molecule has 4 heteroatoms. The van der Waals surface area contributed by atoms with Crippen LogP contribution in [-0.2, 0) is 10.8 Å². The summed E-state index contributed by atoms with van der Waals surface area (Å²) >= 11 is 0. The second-order valence-corrected chi connectivity index (χ2v) is 18.2. The van der Waals surface area contributed by atoms with E-state index in [9.17, 15) is 5.11 Å². The highest BCUT2D eigenvalue weighted by atomic mass is 16.3. The number of rotatable bonds is 7. The number of hydrogen-bond donors (Lipinski definition) is 1. The second kappa shape index (κ2) is 15.5. The number of hydrogen-bond acceptors (Lipinski definition) is 3. The van der Waals surface area contributed by atoms with Gasteiger partial charge in [-0.25, -0.2) is 4.98 Å². The molecule has 0 radical (unpaired) electrons. The lowest BCUT2D eigenvalue weighted by molar-refractivity contribution is 0.471. The van der Waals surface area contributed by atoms with Crippen molar-refractivity contribution in [2.45, 2.75) is 59.3 Å². The van der Waals surface area contributed by atoms with Gasteiger partial charge in [0.15, 0.2) is 0 Å². The summed E-state index contributed by atoms with van der Waals surface area (Å²) in [5.41, 5.74) is 17.1. The maximum Gasteiger partial charge on any atom is 0.149 e. The highest BCUT2D eigenvalue weighted by molar-refractivity contribution is 5.98. The Morgan fingerprint density at radius 2 is 1.05 bits per heavy atom. The first-order valence-corrected chi connectivity index (χ1v) is 21.1. The number of imidazole rings is 1. The number of para-hydroxylation sites is 1. The fourth-order valence-corrected chi connectivity index (χ4v) is 8.31. The smallest absolute Gasteiger partial charge is 0.149 e. The Morgan fingerprint density at radius 1 is 0.459 bits per heavy atom. The number of phenols is 1. The van der Waals surface area contributed by atoms with Gasteiger partial charge in [0.1, 0.15) is 11.6 Å². The van der Waals surface area contributed by atoms with Crippen LogP contribution in [-0.4, -0.2) is 19.6 Å². The number of aromatic hydroxyl groups is 1. The Bertz CT molecular complexity index is 3040. The first-order valence-electron chi connectivity index (χ1n) is 21.1. The Hall–Kier alpha value is -7.04. The topological polar surface area (TPSA) is 50.9 Å². The van der Waals surface area contributed by atoms with Crippen LogP contribution in [0.2, 0.25) is 0 Å². The molecule has 0 saturated carbocycles. The molecule has 0 spiro atoms. The third-order valence-electron chi connectivity index (χ3n) is 11.8. The Kier molecular flexibility index (Phi) is 10.0. The molecule has 0 aliphatic heterocycles. The van der Waals surface area contributed by atoms with Crippen LogP contribution in [0.1, 0.15) is 58.2 Å². The predicted octanol–water partition coefficient (Wildman–Crippen LogP) is 15.0. The number of fused-ring (bicyclic) bond motifs is 1. The van der Waals surface area contributed by atoms with E-state index in [4.69, 9.17) is 9.97 Å². The van der Waals surface area contributed by atoms with Gasteiger partial charge in [0, 0.05) is 22.9 Å². The molecule has 7 aromatic carbocycles. The number of phenolic OH excluding ortho intramolecular Hbond substituents is 1. The predicted molar refractivity (Wildman–Crippen MR) is 255 cm³/mol. The van der Waals surface area contributed by atoms with Crippen LogP contribution in [0.4, 0.5) is 0 Å². The van der Waals surface area contributed by atoms with Crippen molar-refractivity contribution in [1.29, 1.82) is 0 Å². The molecule has 300 valence electrons. The summed E-state index contributed by atoms with van der Waals surface area (Å²) < 4.78 is 2.27. The van der Waals surface area contributed by atoms with Gasteiger partial charge >= 0.3 is 0 Å². The van der Waals surface area contributed by atoms with Gasteiger partial charge in [0.05, 0.1) is 28.0 Å². The molecule has 2 aromatic heterocycles. The molecule has 9 aromatic rings. The van der Waals surface area contributed by atoms with Crippen molar-refractivity contribution in [2.24, 2.45) is 0 Å². The minimum Gasteiger partial charge on any atom is -0.507 e. The van der Waals surface area contributed by atoms with Crippen LogP contribution in [0, 0.1) is 6.92 Å². The lowest BCUT2D eigenvalue weighted by atomic mass is 9.84. The Morgan fingerprint density at radius 3 is 1.70 bits per heavy atom. The molecule has 61 heavy (non-hydrogen) atoms. The van der Waals surface area contributed by atoms with E-state index in [2.05, 4.69) is 210 Å². The summed E-state index contributed by atoms with van der Waals surface area (Å²) in [5, 5.41) is 12.0. The van der Waals surface area contributed by atoms with E-state index in [0.717, 1.165) is 83.6 Å². The molecule has 4 nitrogen and oxygen atoms in total. The maximum absolute atomic E-state index is 12.0. The summed E-state index contributed by atoms with van der Waals surface area (Å²) in [7, 11) is 0. The van der Waals surface area contributed by atoms with E-state index in [1.807, 2.05) is 19.2 Å². The highest BCUT2D eigenvalue weighted by Crippen LogP contribution is 2.44. The van der Waals surface area contributed by atoms with Gasteiger partial charge in [-0.3, -0.25) is 9.55 Å². The van der Waals surface area contributed by atoms with Gasteiger partial charge in [0.25, 0.3) is 0 Å². The number of nitrogens with zero attached hydrogens (tertiary/aromatic N) is 3. The molecule has 0 amide bonds. The standard InChI is InChI=1S/C57H51N3O/c1-37-30-46(57(5,6)7)36-49(54(37)61)55-59-53-47(24-17-25-52(53)60(55)51-27-26-45(56(2,3)4)35-48(51)40-22-15-10-16-23-40)43-31-42(39-20-13-9-14-21-39)32-44(33-43)50-34-41(28-29-58-50)38-18-11-8-12-19-38/h8-36,61H,1-7H3. The van der Waals surface area contributed by atoms with Crippen LogP contribution in [0.25, 0.3) is 83.9 Å². The van der Waals surface area contributed by atoms with Crippen molar-refractivity contribution in [1.82, 2.24) is 14.5 Å². The van der Waals surface area contributed by atoms with Crippen molar-refractivity contribution in [2.75, 3.05) is 0 Å². The zero-order valence-corrected chi connectivity index (χ0v) is 36.0. The van der Waals surface area contributed by atoms with Gasteiger partial charge in [-0.2, -0.15) is 0 Å². The van der Waals surface area contributed by atoms with Crippen molar-refractivity contribution in [3.8, 4) is 78.6 Å². The summed E-state index contributed by atoms with van der Waals surface area (Å²) in [5.74, 6) is 0.919.